The first kappa shape index (κ1) is 14.5. The van der Waals surface area contributed by atoms with E-state index in [9.17, 15) is 9.90 Å². The fourth-order valence-corrected chi connectivity index (χ4v) is 1.97. The molecule has 4 heteroatoms. The van der Waals surface area contributed by atoms with E-state index in [0.29, 0.717) is 17.5 Å². The van der Waals surface area contributed by atoms with Crippen LogP contribution in [0.1, 0.15) is 38.2 Å². The Hall–Kier alpha value is -1.58. The van der Waals surface area contributed by atoms with E-state index in [2.05, 4.69) is 37.6 Å². The standard InChI is InChI=1S/C14H22N2O2/c1-10(2)8-16(9-11(3)4)12-6-5-7-15-13(12)14(17)18/h5-7,10-11H,8-9H2,1-4H3,(H,17,18). The van der Waals surface area contributed by atoms with Crippen molar-refractivity contribution in [3.63, 3.8) is 0 Å². The highest BCUT2D eigenvalue weighted by atomic mass is 16.4. The fourth-order valence-electron chi connectivity index (χ4n) is 1.97. The molecule has 0 unspecified atom stereocenters. The number of carboxylic acid groups (broad SMARTS) is 1. The Bertz CT molecular complexity index is 393. The third-order valence-corrected chi connectivity index (χ3v) is 2.50. The van der Waals surface area contributed by atoms with Crippen LogP contribution in [0.4, 0.5) is 5.69 Å². The van der Waals surface area contributed by atoms with Crippen LogP contribution in [0.15, 0.2) is 18.3 Å². The van der Waals surface area contributed by atoms with E-state index in [4.69, 9.17) is 0 Å². The summed E-state index contributed by atoms with van der Waals surface area (Å²) in [5.41, 5.74) is 0.853. The van der Waals surface area contributed by atoms with Gasteiger partial charge in [-0.05, 0) is 24.0 Å². The number of carbonyl (C=O) groups is 1. The summed E-state index contributed by atoms with van der Waals surface area (Å²) >= 11 is 0. The molecule has 1 heterocycles. The van der Waals surface area contributed by atoms with Crippen molar-refractivity contribution in [1.82, 2.24) is 4.98 Å². The number of pyridine rings is 1. The number of aromatic nitrogens is 1. The Morgan fingerprint density at radius 2 is 1.83 bits per heavy atom. The Morgan fingerprint density at radius 1 is 1.28 bits per heavy atom. The maximum atomic E-state index is 11.2. The molecule has 0 aliphatic carbocycles. The third kappa shape index (κ3) is 4.02. The molecule has 0 atom stereocenters. The molecule has 0 aliphatic rings. The van der Waals surface area contributed by atoms with Crippen molar-refractivity contribution in [2.24, 2.45) is 11.8 Å². The lowest BCUT2D eigenvalue weighted by atomic mass is 10.1. The summed E-state index contributed by atoms with van der Waals surface area (Å²) in [4.78, 5) is 17.3. The van der Waals surface area contributed by atoms with Gasteiger partial charge in [-0.15, -0.1) is 0 Å². The second-order valence-electron chi connectivity index (χ2n) is 5.37. The number of rotatable bonds is 6. The first-order valence-electron chi connectivity index (χ1n) is 6.35. The number of nitrogens with zero attached hydrogens (tertiary/aromatic N) is 2. The summed E-state index contributed by atoms with van der Waals surface area (Å²) in [6.07, 6.45) is 1.52. The summed E-state index contributed by atoms with van der Waals surface area (Å²) in [5, 5.41) is 9.19. The van der Waals surface area contributed by atoms with Gasteiger partial charge in [0.05, 0.1) is 5.69 Å². The van der Waals surface area contributed by atoms with Crippen molar-refractivity contribution in [2.75, 3.05) is 18.0 Å². The minimum absolute atomic E-state index is 0.138. The van der Waals surface area contributed by atoms with E-state index in [0.717, 1.165) is 13.1 Å². The van der Waals surface area contributed by atoms with Crippen LogP contribution in [0.3, 0.4) is 0 Å². The van der Waals surface area contributed by atoms with Crippen LogP contribution in [-0.4, -0.2) is 29.1 Å². The van der Waals surface area contributed by atoms with Crippen LogP contribution < -0.4 is 4.90 Å². The molecule has 4 nitrogen and oxygen atoms in total. The van der Waals surface area contributed by atoms with Gasteiger partial charge in [0.2, 0.25) is 0 Å². The van der Waals surface area contributed by atoms with Crippen LogP contribution in [-0.2, 0) is 0 Å². The van der Waals surface area contributed by atoms with Gasteiger partial charge in [0.1, 0.15) is 0 Å². The van der Waals surface area contributed by atoms with Gasteiger partial charge in [0.15, 0.2) is 5.69 Å². The van der Waals surface area contributed by atoms with Crippen molar-refractivity contribution in [2.45, 2.75) is 27.7 Å². The van der Waals surface area contributed by atoms with Crippen molar-refractivity contribution in [1.29, 1.82) is 0 Å². The monoisotopic (exact) mass is 250 g/mol. The van der Waals surface area contributed by atoms with E-state index in [1.165, 1.54) is 6.20 Å². The van der Waals surface area contributed by atoms with Gasteiger partial charge in [-0.1, -0.05) is 27.7 Å². The highest BCUT2D eigenvalue weighted by molar-refractivity contribution is 5.92. The molecule has 0 saturated carbocycles. The lowest BCUT2D eigenvalue weighted by Crippen LogP contribution is -2.32. The fraction of sp³-hybridized carbons (Fsp3) is 0.571. The maximum absolute atomic E-state index is 11.2. The minimum atomic E-state index is -0.969. The topological polar surface area (TPSA) is 53.4 Å². The Morgan fingerprint density at radius 3 is 2.28 bits per heavy atom. The Labute approximate surface area is 109 Å². The predicted molar refractivity (Wildman–Crippen MR) is 73.1 cm³/mol. The summed E-state index contributed by atoms with van der Waals surface area (Å²) in [6.45, 7) is 10.2. The van der Waals surface area contributed by atoms with Crippen LogP contribution in [0.25, 0.3) is 0 Å². The zero-order valence-electron chi connectivity index (χ0n) is 11.6. The second-order valence-corrected chi connectivity index (χ2v) is 5.37. The number of hydrogen-bond acceptors (Lipinski definition) is 3. The molecule has 0 spiro atoms. The second kappa shape index (κ2) is 6.38. The smallest absolute Gasteiger partial charge is 0.356 e. The summed E-state index contributed by atoms with van der Waals surface area (Å²) < 4.78 is 0. The SMILES string of the molecule is CC(C)CN(CC(C)C)c1cccnc1C(=O)O. The molecule has 18 heavy (non-hydrogen) atoms. The average Bonchev–Trinajstić information content (AvgIpc) is 2.26. The quantitative estimate of drug-likeness (QED) is 0.843. The normalized spacial score (nSPS) is 11.0. The minimum Gasteiger partial charge on any atom is -0.476 e. The predicted octanol–water partition coefficient (Wildman–Crippen LogP) is 2.90. The Balaban J connectivity index is 3.07. The van der Waals surface area contributed by atoms with Crippen LogP contribution in [0.2, 0.25) is 0 Å². The van der Waals surface area contributed by atoms with Gasteiger partial charge in [-0.3, -0.25) is 0 Å². The molecule has 1 rings (SSSR count). The molecular weight excluding hydrogens is 228 g/mol. The summed E-state index contributed by atoms with van der Waals surface area (Å²) in [6, 6.07) is 3.62. The van der Waals surface area contributed by atoms with Gasteiger partial charge in [0.25, 0.3) is 0 Å². The molecule has 0 radical (unpaired) electrons. The van der Waals surface area contributed by atoms with E-state index < -0.39 is 5.97 Å². The molecule has 1 N–H and O–H groups in total. The van der Waals surface area contributed by atoms with Gasteiger partial charge in [0, 0.05) is 19.3 Å². The van der Waals surface area contributed by atoms with Gasteiger partial charge in [-0.2, -0.15) is 0 Å². The van der Waals surface area contributed by atoms with Gasteiger partial charge >= 0.3 is 5.97 Å². The van der Waals surface area contributed by atoms with Crippen LogP contribution in [0.5, 0.6) is 0 Å². The first-order chi connectivity index (χ1) is 8.41. The average molecular weight is 250 g/mol. The van der Waals surface area contributed by atoms with Crippen LogP contribution >= 0.6 is 0 Å². The highest BCUT2D eigenvalue weighted by Gasteiger charge is 2.18. The lowest BCUT2D eigenvalue weighted by Gasteiger charge is -2.29. The van der Waals surface area contributed by atoms with Crippen molar-refractivity contribution < 1.29 is 9.90 Å². The third-order valence-electron chi connectivity index (χ3n) is 2.50. The first-order valence-corrected chi connectivity index (χ1v) is 6.35. The molecule has 0 amide bonds. The molecule has 0 aliphatic heterocycles. The maximum Gasteiger partial charge on any atom is 0.356 e. The number of carboxylic acids is 1. The van der Waals surface area contributed by atoms with Crippen molar-refractivity contribution >= 4 is 11.7 Å². The molecule has 100 valence electrons. The zero-order chi connectivity index (χ0) is 13.7. The van der Waals surface area contributed by atoms with E-state index in [1.54, 1.807) is 6.07 Å². The largest absolute Gasteiger partial charge is 0.476 e. The lowest BCUT2D eigenvalue weighted by molar-refractivity contribution is 0.0691. The van der Waals surface area contributed by atoms with Gasteiger partial charge in [-0.25, -0.2) is 9.78 Å². The molecule has 0 saturated heterocycles. The highest BCUT2D eigenvalue weighted by Crippen LogP contribution is 2.21. The number of hydrogen-bond donors (Lipinski definition) is 1. The van der Waals surface area contributed by atoms with E-state index in [1.807, 2.05) is 6.07 Å². The molecule has 0 fully saturated rings. The molecule has 1 aromatic rings. The van der Waals surface area contributed by atoms with E-state index in [-0.39, 0.29) is 5.69 Å². The molecule has 1 aromatic heterocycles. The molecule has 0 bridgehead atoms. The summed E-state index contributed by atoms with van der Waals surface area (Å²) in [7, 11) is 0. The zero-order valence-corrected chi connectivity index (χ0v) is 11.6. The number of aromatic carboxylic acids is 1. The van der Waals surface area contributed by atoms with E-state index >= 15 is 0 Å². The molecular formula is C14H22N2O2. The van der Waals surface area contributed by atoms with Crippen molar-refractivity contribution in [3.05, 3.63) is 24.0 Å². The van der Waals surface area contributed by atoms with Gasteiger partial charge < -0.3 is 10.0 Å². The Kier molecular flexibility index (Phi) is 5.13. The van der Waals surface area contributed by atoms with Crippen LogP contribution in [0, 0.1) is 11.8 Å². The molecule has 0 aromatic carbocycles. The number of anilines is 1. The van der Waals surface area contributed by atoms with Crippen molar-refractivity contribution in [3.8, 4) is 0 Å². The summed E-state index contributed by atoms with van der Waals surface area (Å²) in [5.74, 6) is -0.0145.